The lowest BCUT2D eigenvalue weighted by Gasteiger charge is -2.23. The normalized spacial score (nSPS) is 20.8. The number of aliphatic hydroxyl groups is 1. The number of rotatable bonds is 4. The van der Waals surface area contributed by atoms with E-state index in [1.54, 1.807) is 35.2 Å². The smallest absolute Gasteiger partial charge is 0.258 e. The zero-order chi connectivity index (χ0) is 17.8. The number of sulfonamides is 1. The van der Waals surface area contributed by atoms with E-state index in [-0.39, 0.29) is 23.5 Å². The maximum atomic E-state index is 13.2. The molecule has 0 radical (unpaired) electrons. The van der Waals surface area contributed by atoms with E-state index in [2.05, 4.69) is 0 Å². The van der Waals surface area contributed by atoms with Gasteiger partial charge in [0.1, 0.15) is 0 Å². The zero-order valence-electron chi connectivity index (χ0n) is 14.0. The van der Waals surface area contributed by atoms with Crippen LogP contribution in [-0.2, 0) is 10.0 Å². The van der Waals surface area contributed by atoms with Crippen LogP contribution in [0, 0.1) is 0 Å². The summed E-state index contributed by atoms with van der Waals surface area (Å²) in [6.45, 7) is 2.67. The Morgan fingerprint density at radius 2 is 2.04 bits per heavy atom. The first kappa shape index (κ1) is 16.5. The second-order valence-electron chi connectivity index (χ2n) is 6.45. The Morgan fingerprint density at radius 1 is 1.24 bits per heavy atom. The van der Waals surface area contributed by atoms with Crippen molar-refractivity contribution >= 4 is 32.4 Å². The van der Waals surface area contributed by atoms with Crippen molar-refractivity contribution in [3.8, 4) is 0 Å². The lowest BCUT2D eigenvalue weighted by molar-refractivity contribution is 0.0994. The number of aliphatic hydroxyl groups excluding tert-OH is 1. The van der Waals surface area contributed by atoms with Crippen LogP contribution < -0.4 is 4.90 Å². The molecule has 0 saturated carbocycles. The number of nitrogens with zero attached hydrogens (tertiary/aromatic N) is 2. The van der Waals surface area contributed by atoms with Crippen LogP contribution >= 0.6 is 0 Å². The van der Waals surface area contributed by atoms with Gasteiger partial charge in [0, 0.05) is 35.5 Å². The van der Waals surface area contributed by atoms with E-state index in [1.165, 1.54) is 4.31 Å². The fourth-order valence-corrected chi connectivity index (χ4v) is 5.87. The summed E-state index contributed by atoms with van der Waals surface area (Å²) < 4.78 is 27.8. The van der Waals surface area contributed by atoms with Crippen molar-refractivity contribution in [2.75, 3.05) is 24.6 Å². The van der Waals surface area contributed by atoms with E-state index in [0.717, 1.165) is 12.1 Å². The molecule has 0 aliphatic carbocycles. The van der Waals surface area contributed by atoms with E-state index >= 15 is 0 Å². The summed E-state index contributed by atoms with van der Waals surface area (Å²) >= 11 is 0. The first-order valence-electron chi connectivity index (χ1n) is 8.51. The third kappa shape index (κ3) is 2.23. The molecule has 0 aromatic heterocycles. The highest BCUT2D eigenvalue weighted by atomic mass is 32.2. The van der Waals surface area contributed by atoms with E-state index in [4.69, 9.17) is 0 Å². The molecule has 2 aliphatic heterocycles. The standard InChI is InChI=1S/C18H20N2O4S/c1-2-19-15-8-9-16(13-6-3-7-14(17(13)15)18(19)22)25(23,24)20-10-4-5-12(20)11-21/h3,6-9,12,21H,2,4-5,10-11H2,1H3/t12-/m0/s1. The van der Waals surface area contributed by atoms with Gasteiger partial charge in [-0.15, -0.1) is 0 Å². The van der Waals surface area contributed by atoms with E-state index in [9.17, 15) is 18.3 Å². The summed E-state index contributed by atoms with van der Waals surface area (Å²) in [7, 11) is -3.73. The predicted molar refractivity (Wildman–Crippen MR) is 95.3 cm³/mol. The Hall–Kier alpha value is -1.96. The molecule has 25 heavy (non-hydrogen) atoms. The first-order chi connectivity index (χ1) is 12.0. The van der Waals surface area contributed by atoms with Crippen LogP contribution in [0.1, 0.15) is 30.1 Å². The van der Waals surface area contributed by atoms with Gasteiger partial charge in [-0.2, -0.15) is 4.31 Å². The molecule has 2 aromatic carbocycles. The molecule has 2 heterocycles. The molecule has 6 nitrogen and oxygen atoms in total. The molecule has 1 N–H and O–H groups in total. The minimum atomic E-state index is -3.73. The van der Waals surface area contributed by atoms with Crippen molar-refractivity contribution in [1.82, 2.24) is 4.31 Å². The van der Waals surface area contributed by atoms with Gasteiger partial charge in [-0.3, -0.25) is 4.79 Å². The Balaban J connectivity index is 1.94. The Bertz CT molecular complexity index is 970. The third-order valence-electron chi connectivity index (χ3n) is 5.18. The number of hydrogen-bond acceptors (Lipinski definition) is 4. The van der Waals surface area contributed by atoms with Gasteiger partial charge < -0.3 is 10.0 Å². The summed E-state index contributed by atoms with van der Waals surface area (Å²) in [5, 5.41) is 10.8. The summed E-state index contributed by atoms with van der Waals surface area (Å²) in [5.41, 5.74) is 1.31. The van der Waals surface area contributed by atoms with Crippen LogP contribution in [0.2, 0.25) is 0 Å². The molecule has 0 unspecified atom stereocenters. The molecular formula is C18H20N2O4S. The Labute approximate surface area is 146 Å². The number of carbonyl (C=O) groups is 1. The molecule has 2 aliphatic rings. The van der Waals surface area contributed by atoms with Crippen LogP contribution in [0.15, 0.2) is 35.2 Å². The number of anilines is 1. The molecule has 4 rings (SSSR count). The molecular weight excluding hydrogens is 340 g/mol. The lowest BCUT2D eigenvalue weighted by atomic mass is 10.1. The lowest BCUT2D eigenvalue weighted by Crippen LogP contribution is -2.37. The maximum absolute atomic E-state index is 13.2. The van der Waals surface area contributed by atoms with Gasteiger partial charge in [0.15, 0.2) is 0 Å². The highest BCUT2D eigenvalue weighted by Gasteiger charge is 2.37. The molecule has 0 spiro atoms. The monoisotopic (exact) mass is 360 g/mol. The SMILES string of the molecule is CCN1C(=O)c2cccc3c(S(=O)(=O)N4CCC[C@H]4CO)ccc1c23. The average molecular weight is 360 g/mol. The number of carbonyl (C=O) groups excluding carboxylic acids is 1. The summed E-state index contributed by atoms with van der Waals surface area (Å²) in [5.74, 6) is -0.0907. The molecule has 132 valence electrons. The molecule has 1 saturated heterocycles. The van der Waals surface area contributed by atoms with Gasteiger partial charge in [0.2, 0.25) is 10.0 Å². The zero-order valence-corrected chi connectivity index (χ0v) is 14.8. The van der Waals surface area contributed by atoms with Crippen LogP contribution in [0.4, 0.5) is 5.69 Å². The topological polar surface area (TPSA) is 77.9 Å². The van der Waals surface area contributed by atoms with E-state index in [1.807, 2.05) is 6.92 Å². The van der Waals surface area contributed by atoms with Crippen LogP contribution in [-0.4, -0.2) is 49.5 Å². The van der Waals surface area contributed by atoms with Gasteiger partial charge in [-0.05, 0) is 38.0 Å². The van der Waals surface area contributed by atoms with E-state index in [0.29, 0.717) is 35.8 Å². The second-order valence-corrected chi connectivity index (χ2v) is 8.31. The Kier molecular flexibility index (Phi) is 3.82. The Morgan fingerprint density at radius 3 is 2.76 bits per heavy atom. The van der Waals surface area contributed by atoms with Crippen molar-refractivity contribution in [3.05, 3.63) is 35.9 Å². The van der Waals surface area contributed by atoms with Crippen molar-refractivity contribution < 1.29 is 18.3 Å². The van der Waals surface area contributed by atoms with Crippen LogP contribution in [0.3, 0.4) is 0 Å². The largest absolute Gasteiger partial charge is 0.395 e. The minimum absolute atomic E-state index is 0.0907. The van der Waals surface area contributed by atoms with Crippen molar-refractivity contribution in [1.29, 1.82) is 0 Å². The van der Waals surface area contributed by atoms with E-state index < -0.39 is 10.0 Å². The molecule has 2 aromatic rings. The highest BCUT2D eigenvalue weighted by molar-refractivity contribution is 7.89. The van der Waals surface area contributed by atoms with Gasteiger partial charge in [0.25, 0.3) is 5.91 Å². The molecule has 1 fully saturated rings. The molecule has 0 bridgehead atoms. The first-order valence-corrected chi connectivity index (χ1v) is 9.95. The fraction of sp³-hybridized carbons (Fsp3) is 0.389. The number of benzene rings is 2. The minimum Gasteiger partial charge on any atom is -0.395 e. The molecule has 7 heteroatoms. The average Bonchev–Trinajstić information content (AvgIpc) is 3.20. The number of amides is 1. The summed E-state index contributed by atoms with van der Waals surface area (Å²) in [4.78, 5) is 14.4. The van der Waals surface area contributed by atoms with Crippen molar-refractivity contribution in [2.24, 2.45) is 0 Å². The van der Waals surface area contributed by atoms with Gasteiger partial charge in [-0.1, -0.05) is 12.1 Å². The van der Waals surface area contributed by atoms with Gasteiger partial charge >= 0.3 is 0 Å². The van der Waals surface area contributed by atoms with Gasteiger partial charge in [-0.25, -0.2) is 8.42 Å². The van der Waals surface area contributed by atoms with Gasteiger partial charge in [0.05, 0.1) is 17.2 Å². The quantitative estimate of drug-likeness (QED) is 0.904. The molecule has 1 atom stereocenters. The third-order valence-corrected chi connectivity index (χ3v) is 7.19. The highest BCUT2D eigenvalue weighted by Crippen LogP contribution is 2.41. The summed E-state index contributed by atoms with van der Waals surface area (Å²) in [6.07, 6.45) is 1.41. The fourth-order valence-electron chi connectivity index (χ4n) is 3.99. The maximum Gasteiger partial charge on any atom is 0.258 e. The predicted octanol–water partition coefficient (Wildman–Crippen LogP) is 1.97. The second kappa shape index (κ2) is 5.79. The van der Waals surface area contributed by atoms with Crippen molar-refractivity contribution in [3.63, 3.8) is 0 Å². The van der Waals surface area contributed by atoms with Crippen molar-refractivity contribution in [2.45, 2.75) is 30.7 Å². The number of hydrogen-bond donors (Lipinski definition) is 1. The van der Waals surface area contributed by atoms with Crippen LogP contribution in [0.5, 0.6) is 0 Å². The molecule has 1 amide bonds. The summed E-state index contributed by atoms with van der Waals surface area (Å²) in [6, 6.07) is 8.16. The van der Waals surface area contributed by atoms with Crippen LogP contribution in [0.25, 0.3) is 10.8 Å².